The average Bonchev–Trinajstić information content (AvgIpc) is 2.99. The summed E-state index contributed by atoms with van der Waals surface area (Å²) in [5.74, 6) is -1.32. The molecule has 2 aliphatic rings. The number of fused-ring (bicyclic) bond motifs is 1. The van der Waals surface area contributed by atoms with Crippen LogP contribution in [0.25, 0.3) is 0 Å². The zero-order valence-electron chi connectivity index (χ0n) is 11.2. The minimum Gasteiger partial charge on any atom is -0.324 e. The van der Waals surface area contributed by atoms with Gasteiger partial charge in [0.2, 0.25) is 5.91 Å². The Hall–Kier alpha value is -2.44. The van der Waals surface area contributed by atoms with Crippen molar-refractivity contribution < 1.29 is 18.8 Å². The number of hydrogen-bond donors (Lipinski definition) is 1. The third-order valence-corrected chi connectivity index (χ3v) is 3.69. The summed E-state index contributed by atoms with van der Waals surface area (Å²) >= 11 is 0. The predicted octanol–water partition coefficient (Wildman–Crippen LogP) is 1.19. The molecule has 1 N–H and O–H groups in total. The van der Waals surface area contributed by atoms with Crippen molar-refractivity contribution in [2.45, 2.75) is 18.9 Å². The van der Waals surface area contributed by atoms with E-state index in [0.717, 1.165) is 11.3 Å². The highest BCUT2D eigenvalue weighted by Gasteiger charge is 2.47. The molecule has 2 heterocycles. The molecule has 0 bridgehead atoms. The molecule has 3 rings (SSSR count). The molecule has 21 heavy (non-hydrogen) atoms. The van der Waals surface area contributed by atoms with Crippen molar-refractivity contribution in [1.82, 2.24) is 9.80 Å². The smallest absolute Gasteiger partial charge is 0.324 e. The molecule has 1 atom stereocenters. The number of carbonyl (C=O) groups excluding carboxylic acids is 3. The number of imide groups is 1. The van der Waals surface area contributed by atoms with E-state index in [2.05, 4.69) is 5.32 Å². The summed E-state index contributed by atoms with van der Waals surface area (Å²) < 4.78 is 13.0. The minimum absolute atomic E-state index is 0.291. The van der Waals surface area contributed by atoms with Gasteiger partial charge >= 0.3 is 6.03 Å². The van der Waals surface area contributed by atoms with Gasteiger partial charge in [-0.15, -0.1) is 0 Å². The van der Waals surface area contributed by atoms with E-state index in [4.69, 9.17) is 0 Å². The van der Waals surface area contributed by atoms with Crippen LogP contribution in [0.1, 0.15) is 12.8 Å². The zero-order valence-corrected chi connectivity index (χ0v) is 11.2. The summed E-state index contributed by atoms with van der Waals surface area (Å²) in [6.07, 6.45) is 1.46. The monoisotopic (exact) mass is 291 g/mol. The van der Waals surface area contributed by atoms with Crippen molar-refractivity contribution in [2.75, 3.05) is 18.4 Å². The van der Waals surface area contributed by atoms with Crippen LogP contribution in [-0.2, 0) is 9.59 Å². The Morgan fingerprint density at radius 2 is 2.19 bits per heavy atom. The van der Waals surface area contributed by atoms with E-state index in [0.29, 0.717) is 18.7 Å². The van der Waals surface area contributed by atoms with Crippen molar-refractivity contribution in [2.24, 2.45) is 0 Å². The lowest BCUT2D eigenvalue weighted by atomic mass is 10.2. The Balaban J connectivity index is 1.65. The number of rotatable bonds is 3. The second-order valence-electron chi connectivity index (χ2n) is 5.12. The van der Waals surface area contributed by atoms with Gasteiger partial charge in [0.05, 0.1) is 0 Å². The van der Waals surface area contributed by atoms with Crippen LogP contribution in [0.4, 0.5) is 14.9 Å². The molecule has 1 aromatic rings. The van der Waals surface area contributed by atoms with Gasteiger partial charge < -0.3 is 10.2 Å². The van der Waals surface area contributed by atoms with Gasteiger partial charge in [-0.1, -0.05) is 6.07 Å². The minimum atomic E-state index is -0.525. The first-order valence-corrected chi connectivity index (χ1v) is 6.73. The van der Waals surface area contributed by atoms with Gasteiger partial charge in [-0.05, 0) is 31.0 Å². The summed E-state index contributed by atoms with van der Waals surface area (Å²) in [6, 6.07) is 4.60. The summed E-state index contributed by atoms with van der Waals surface area (Å²) in [5, 5.41) is 2.47. The summed E-state index contributed by atoms with van der Waals surface area (Å²) in [4.78, 5) is 38.4. The molecule has 6 nitrogen and oxygen atoms in total. The topological polar surface area (TPSA) is 69.7 Å². The number of carbonyl (C=O) groups is 3. The highest BCUT2D eigenvalue weighted by atomic mass is 19.1. The third kappa shape index (κ3) is 2.46. The van der Waals surface area contributed by atoms with Gasteiger partial charge in [0.15, 0.2) is 0 Å². The highest BCUT2D eigenvalue weighted by Crippen LogP contribution is 2.27. The van der Waals surface area contributed by atoms with E-state index in [1.807, 2.05) is 0 Å². The third-order valence-electron chi connectivity index (χ3n) is 3.69. The Labute approximate surface area is 120 Å². The lowest BCUT2D eigenvalue weighted by Gasteiger charge is -2.15. The van der Waals surface area contributed by atoms with Gasteiger partial charge in [-0.3, -0.25) is 14.5 Å². The number of nitrogens with one attached hydrogen (secondary N) is 1. The molecule has 2 fully saturated rings. The number of nitrogens with zero attached hydrogens (tertiary/aromatic N) is 2. The first kappa shape index (κ1) is 13.5. The van der Waals surface area contributed by atoms with Crippen LogP contribution >= 0.6 is 0 Å². The van der Waals surface area contributed by atoms with E-state index in [1.54, 1.807) is 0 Å². The number of halogens is 1. The molecule has 0 spiro atoms. The van der Waals surface area contributed by atoms with Crippen LogP contribution in [0, 0.1) is 5.82 Å². The Kier molecular flexibility index (Phi) is 3.32. The lowest BCUT2D eigenvalue weighted by molar-refractivity contribution is -0.131. The molecule has 2 aliphatic heterocycles. The average molecular weight is 291 g/mol. The van der Waals surface area contributed by atoms with E-state index < -0.39 is 23.8 Å². The normalized spacial score (nSPS) is 20.9. The van der Waals surface area contributed by atoms with E-state index in [1.165, 1.54) is 29.2 Å². The van der Waals surface area contributed by atoms with E-state index >= 15 is 0 Å². The highest BCUT2D eigenvalue weighted by molar-refractivity contribution is 6.08. The molecule has 7 heteroatoms. The maximum Gasteiger partial charge on any atom is 0.327 e. The standard InChI is InChI=1S/C14H14FN3O3/c15-9-3-1-4-10(7-9)16-12(19)8-18-13(20)11-5-2-6-17(11)14(18)21/h1,3-4,7,11H,2,5-6,8H2,(H,16,19). The predicted molar refractivity (Wildman–Crippen MR) is 71.9 cm³/mol. The fraction of sp³-hybridized carbons (Fsp3) is 0.357. The Morgan fingerprint density at radius 3 is 2.90 bits per heavy atom. The van der Waals surface area contributed by atoms with Gasteiger partial charge in [-0.2, -0.15) is 0 Å². The molecule has 110 valence electrons. The van der Waals surface area contributed by atoms with Gasteiger partial charge in [-0.25, -0.2) is 9.18 Å². The number of benzene rings is 1. The molecule has 0 radical (unpaired) electrons. The molecule has 0 saturated carbocycles. The summed E-state index contributed by atoms with van der Waals surface area (Å²) in [5.41, 5.74) is 0.291. The van der Waals surface area contributed by atoms with Crippen LogP contribution in [0.2, 0.25) is 0 Å². The maximum absolute atomic E-state index is 13.0. The van der Waals surface area contributed by atoms with Crippen molar-refractivity contribution in [1.29, 1.82) is 0 Å². The van der Waals surface area contributed by atoms with Crippen molar-refractivity contribution in [3.05, 3.63) is 30.1 Å². The van der Waals surface area contributed by atoms with Gasteiger partial charge in [0.1, 0.15) is 18.4 Å². The van der Waals surface area contributed by atoms with Crippen molar-refractivity contribution >= 4 is 23.5 Å². The molecular formula is C14H14FN3O3. The first-order chi connectivity index (χ1) is 10.1. The SMILES string of the molecule is O=C(CN1C(=O)C2CCCN2C1=O)Nc1cccc(F)c1. The fourth-order valence-corrected chi connectivity index (χ4v) is 2.74. The van der Waals surface area contributed by atoms with Crippen LogP contribution in [0.3, 0.4) is 0 Å². The summed E-state index contributed by atoms with van der Waals surface area (Å²) in [7, 11) is 0. The zero-order chi connectivity index (χ0) is 15.0. The van der Waals surface area contributed by atoms with Crippen LogP contribution in [-0.4, -0.2) is 46.8 Å². The second-order valence-corrected chi connectivity index (χ2v) is 5.12. The molecule has 0 aliphatic carbocycles. The molecule has 4 amide bonds. The Bertz CT molecular complexity index is 597. The number of hydrogen-bond acceptors (Lipinski definition) is 3. The van der Waals surface area contributed by atoms with Gasteiger partial charge in [0, 0.05) is 12.2 Å². The molecule has 2 saturated heterocycles. The lowest BCUT2D eigenvalue weighted by Crippen LogP contribution is -2.39. The number of anilines is 1. The van der Waals surface area contributed by atoms with E-state index in [-0.39, 0.29) is 12.5 Å². The number of urea groups is 1. The van der Waals surface area contributed by atoms with E-state index in [9.17, 15) is 18.8 Å². The molecule has 1 aromatic carbocycles. The fourth-order valence-electron chi connectivity index (χ4n) is 2.74. The van der Waals surface area contributed by atoms with Crippen LogP contribution in [0.15, 0.2) is 24.3 Å². The van der Waals surface area contributed by atoms with Crippen LogP contribution in [0.5, 0.6) is 0 Å². The second kappa shape index (κ2) is 5.16. The largest absolute Gasteiger partial charge is 0.327 e. The van der Waals surface area contributed by atoms with Gasteiger partial charge in [0.25, 0.3) is 5.91 Å². The van der Waals surface area contributed by atoms with Crippen molar-refractivity contribution in [3.63, 3.8) is 0 Å². The first-order valence-electron chi connectivity index (χ1n) is 6.73. The maximum atomic E-state index is 13.0. The molecule has 0 aromatic heterocycles. The molecular weight excluding hydrogens is 277 g/mol. The number of amides is 4. The Morgan fingerprint density at radius 1 is 1.38 bits per heavy atom. The molecule has 1 unspecified atom stereocenters. The quantitative estimate of drug-likeness (QED) is 0.850. The van der Waals surface area contributed by atoms with Crippen LogP contribution < -0.4 is 5.32 Å². The van der Waals surface area contributed by atoms with Crippen molar-refractivity contribution in [3.8, 4) is 0 Å². The summed E-state index contributed by atoms with van der Waals surface area (Å²) in [6.45, 7) is 0.207.